The van der Waals surface area contributed by atoms with Crippen molar-refractivity contribution < 1.29 is 13.9 Å². The standard InChI is InChI=1S/C14H14BrNO3S/c1-8(11-5-6-12(19-11)14(17)18-2)20-13-7-9(15)3-4-10(13)16/h3-8H,16H2,1-2H3. The van der Waals surface area contributed by atoms with E-state index in [9.17, 15) is 4.79 Å². The third-order valence-electron chi connectivity index (χ3n) is 2.69. The molecular formula is C14H14BrNO3S. The minimum Gasteiger partial charge on any atom is -0.463 e. The summed E-state index contributed by atoms with van der Waals surface area (Å²) in [4.78, 5) is 12.3. The van der Waals surface area contributed by atoms with Crippen molar-refractivity contribution in [1.29, 1.82) is 0 Å². The highest BCUT2D eigenvalue weighted by Crippen LogP contribution is 2.39. The van der Waals surface area contributed by atoms with Crippen LogP contribution in [-0.4, -0.2) is 13.1 Å². The van der Waals surface area contributed by atoms with Crippen LogP contribution in [0.2, 0.25) is 0 Å². The molecule has 0 aliphatic heterocycles. The van der Waals surface area contributed by atoms with E-state index in [4.69, 9.17) is 10.2 Å². The van der Waals surface area contributed by atoms with E-state index in [0.29, 0.717) is 11.4 Å². The molecule has 2 N–H and O–H groups in total. The quantitative estimate of drug-likeness (QED) is 0.504. The van der Waals surface area contributed by atoms with Crippen LogP contribution in [0.3, 0.4) is 0 Å². The summed E-state index contributed by atoms with van der Waals surface area (Å²) in [5.74, 6) is 0.433. The maximum Gasteiger partial charge on any atom is 0.373 e. The third kappa shape index (κ3) is 3.37. The lowest BCUT2D eigenvalue weighted by molar-refractivity contribution is 0.0563. The lowest BCUT2D eigenvalue weighted by Crippen LogP contribution is -1.98. The third-order valence-corrected chi connectivity index (χ3v) is 4.38. The van der Waals surface area contributed by atoms with Gasteiger partial charge in [0.25, 0.3) is 0 Å². The Kier molecular flexibility index (Phi) is 4.77. The van der Waals surface area contributed by atoms with Crippen molar-refractivity contribution in [2.75, 3.05) is 12.8 Å². The fourth-order valence-corrected chi connectivity index (χ4v) is 3.18. The Balaban J connectivity index is 2.15. The van der Waals surface area contributed by atoms with Crippen molar-refractivity contribution in [3.63, 3.8) is 0 Å². The predicted molar refractivity (Wildman–Crippen MR) is 82.9 cm³/mol. The zero-order valence-corrected chi connectivity index (χ0v) is 13.5. The van der Waals surface area contributed by atoms with Gasteiger partial charge in [0.1, 0.15) is 5.76 Å². The maximum absolute atomic E-state index is 11.4. The van der Waals surface area contributed by atoms with Crippen LogP contribution in [0, 0.1) is 0 Å². The van der Waals surface area contributed by atoms with Gasteiger partial charge in [0.2, 0.25) is 5.76 Å². The SMILES string of the molecule is COC(=O)c1ccc(C(C)Sc2cc(Br)ccc2N)o1. The van der Waals surface area contributed by atoms with Crippen LogP contribution in [0.25, 0.3) is 0 Å². The molecule has 0 saturated heterocycles. The predicted octanol–water partition coefficient (Wildman–Crippen LogP) is 4.26. The Bertz CT molecular complexity index is 627. The summed E-state index contributed by atoms with van der Waals surface area (Å²) in [6.07, 6.45) is 0. The van der Waals surface area contributed by atoms with Crippen LogP contribution in [0.15, 0.2) is 44.1 Å². The number of anilines is 1. The molecule has 2 aromatic rings. The minimum absolute atomic E-state index is 0.0324. The van der Waals surface area contributed by atoms with E-state index in [1.807, 2.05) is 25.1 Å². The number of ether oxygens (including phenoxy) is 1. The van der Waals surface area contributed by atoms with E-state index >= 15 is 0 Å². The van der Waals surface area contributed by atoms with E-state index in [0.717, 1.165) is 9.37 Å². The minimum atomic E-state index is -0.476. The first kappa shape index (κ1) is 15.0. The monoisotopic (exact) mass is 355 g/mol. The van der Waals surface area contributed by atoms with Gasteiger partial charge in [0.15, 0.2) is 0 Å². The number of carbonyl (C=O) groups is 1. The van der Waals surface area contributed by atoms with Gasteiger partial charge in [-0.25, -0.2) is 4.79 Å². The molecule has 0 radical (unpaired) electrons. The molecule has 2 rings (SSSR count). The Morgan fingerprint density at radius 2 is 2.15 bits per heavy atom. The number of hydrogen-bond donors (Lipinski definition) is 1. The molecule has 6 heteroatoms. The molecular weight excluding hydrogens is 342 g/mol. The average molecular weight is 356 g/mol. The number of hydrogen-bond acceptors (Lipinski definition) is 5. The Labute approximate surface area is 129 Å². The lowest BCUT2D eigenvalue weighted by Gasteiger charge is -2.11. The molecule has 1 aromatic heterocycles. The molecule has 0 saturated carbocycles. The second-order valence-corrected chi connectivity index (χ2v) is 6.43. The van der Waals surface area contributed by atoms with Crippen LogP contribution in [0.4, 0.5) is 5.69 Å². The summed E-state index contributed by atoms with van der Waals surface area (Å²) in [5, 5.41) is 0.0324. The molecule has 1 heterocycles. The fraction of sp³-hybridized carbons (Fsp3) is 0.214. The summed E-state index contributed by atoms with van der Waals surface area (Å²) in [6, 6.07) is 9.09. The molecule has 106 valence electrons. The van der Waals surface area contributed by atoms with E-state index < -0.39 is 5.97 Å². The van der Waals surface area contributed by atoms with Gasteiger partial charge in [0, 0.05) is 15.1 Å². The van der Waals surface area contributed by atoms with Crippen molar-refractivity contribution >= 4 is 39.3 Å². The number of benzene rings is 1. The normalized spacial score (nSPS) is 12.2. The molecule has 0 bridgehead atoms. The number of furan rings is 1. The molecule has 1 unspecified atom stereocenters. The van der Waals surface area contributed by atoms with Crippen LogP contribution in [0.1, 0.15) is 28.5 Å². The van der Waals surface area contributed by atoms with Gasteiger partial charge in [-0.1, -0.05) is 15.9 Å². The molecule has 1 atom stereocenters. The fourth-order valence-electron chi connectivity index (χ4n) is 1.64. The van der Waals surface area contributed by atoms with Gasteiger partial charge in [-0.3, -0.25) is 0 Å². The highest BCUT2D eigenvalue weighted by atomic mass is 79.9. The average Bonchev–Trinajstić information content (AvgIpc) is 2.91. The van der Waals surface area contributed by atoms with Gasteiger partial charge in [0.05, 0.1) is 12.4 Å². The van der Waals surface area contributed by atoms with Crippen molar-refractivity contribution in [3.8, 4) is 0 Å². The molecule has 0 amide bonds. The highest BCUT2D eigenvalue weighted by molar-refractivity contribution is 9.10. The number of esters is 1. The molecule has 20 heavy (non-hydrogen) atoms. The number of nitrogen functional groups attached to an aromatic ring is 1. The smallest absolute Gasteiger partial charge is 0.373 e. The Morgan fingerprint density at radius 1 is 1.40 bits per heavy atom. The van der Waals surface area contributed by atoms with Crippen molar-refractivity contribution in [3.05, 3.63) is 46.3 Å². The van der Waals surface area contributed by atoms with Crippen LogP contribution in [0.5, 0.6) is 0 Å². The number of halogens is 1. The van der Waals surface area contributed by atoms with Gasteiger partial charge in [-0.05, 0) is 37.3 Å². The number of carbonyl (C=O) groups excluding carboxylic acids is 1. The largest absolute Gasteiger partial charge is 0.463 e. The summed E-state index contributed by atoms with van der Waals surface area (Å²) in [6.45, 7) is 1.99. The van der Waals surface area contributed by atoms with E-state index in [2.05, 4.69) is 20.7 Å². The summed E-state index contributed by atoms with van der Waals surface area (Å²) in [7, 11) is 1.32. The summed E-state index contributed by atoms with van der Waals surface area (Å²) in [5.41, 5.74) is 6.66. The van der Waals surface area contributed by atoms with Gasteiger partial charge in [-0.2, -0.15) is 0 Å². The number of rotatable bonds is 4. The number of nitrogens with two attached hydrogens (primary N) is 1. The second kappa shape index (κ2) is 6.37. The zero-order chi connectivity index (χ0) is 14.7. The highest BCUT2D eigenvalue weighted by Gasteiger charge is 2.17. The Hall–Kier alpha value is -1.40. The van der Waals surface area contributed by atoms with Crippen LogP contribution in [-0.2, 0) is 4.74 Å². The maximum atomic E-state index is 11.4. The van der Waals surface area contributed by atoms with E-state index in [-0.39, 0.29) is 11.0 Å². The Morgan fingerprint density at radius 3 is 2.85 bits per heavy atom. The van der Waals surface area contributed by atoms with Crippen molar-refractivity contribution in [1.82, 2.24) is 0 Å². The number of methoxy groups -OCH3 is 1. The topological polar surface area (TPSA) is 65.5 Å². The second-order valence-electron chi connectivity index (χ2n) is 4.14. The molecule has 4 nitrogen and oxygen atoms in total. The molecule has 0 fully saturated rings. The zero-order valence-electron chi connectivity index (χ0n) is 11.1. The number of thioether (sulfide) groups is 1. The van der Waals surface area contributed by atoms with Crippen molar-refractivity contribution in [2.45, 2.75) is 17.1 Å². The van der Waals surface area contributed by atoms with Crippen molar-refractivity contribution in [2.24, 2.45) is 0 Å². The summed E-state index contributed by atoms with van der Waals surface area (Å²) < 4.78 is 11.1. The molecule has 0 aliphatic carbocycles. The van der Waals surface area contributed by atoms with Crippen LogP contribution < -0.4 is 5.73 Å². The molecule has 0 spiro atoms. The van der Waals surface area contributed by atoms with Crippen LogP contribution >= 0.6 is 27.7 Å². The van der Waals surface area contributed by atoms with Gasteiger partial charge < -0.3 is 14.9 Å². The van der Waals surface area contributed by atoms with Gasteiger partial charge >= 0.3 is 5.97 Å². The first-order valence-electron chi connectivity index (χ1n) is 5.91. The summed E-state index contributed by atoms with van der Waals surface area (Å²) >= 11 is 4.99. The van der Waals surface area contributed by atoms with E-state index in [1.54, 1.807) is 23.9 Å². The lowest BCUT2D eigenvalue weighted by atomic mass is 10.3. The first-order chi connectivity index (χ1) is 9.51. The first-order valence-corrected chi connectivity index (χ1v) is 7.58. The molecule has 0 aliphatic rings. The van der Waals surface area contributed by atoms with Gasteiger partial charge in [-0.15, -0.1) is 11.8 Å². The van der Waals surface area contributed by atoms with E-state index in [1.165, 1.54) is 7.11 Å². The molecule has 1 aromatic carbocycles.